The van der Waals surface area contributed by atoms with E-state index in [9.17, 15) is 13.2 Å². The average molecular weight is 340 g/mol. The summed E-state index contributed by atoms with van der Waals surface area (Å²) >= 11 is 0. The average Bonchev–Trinajstić information content (AvgIpc) is 2.24. The van der Waals surface area contributed by atoms with Crippen molar-refractivity contribution in [1.29, 1.82) is 0 Å². The summed E-state index contributed by atoms with van der Waals surface area (Å²) in [7, 11) is -4.08. The van der Waals surface area contributed by atoms with Crippen LogP contribution in [0.5, 0.6) is 0 Å². The third kappa shape index (κ3) is 19.0. The van der Waals surface area contributed by atoms with Crippen molar-refractivity contribution in [3.63, 3.8) is 0 Å². The quantitative estimate of drug-likeness (QED) is 0.291. The molecule has 2 atom stereocenters. The highest BCUT2D eigenvalue weighted by molar-refractivity contribution is 7.85. The molecule has 8 nitrogen and oxygen atoms in total. The van der Waals surface area contributed by atoms with Gasteiger partial charge in [-0.2, -0.15) is 8.42 Å². The number of carbonyl (C=O) groups excluding carboxylic acids is 1. The van der Waals surface area contributed by atoms with Crippen molar-refractivity contribution < 1.29 is 28.0 Å². The topological polar surface area (TPSA) is 136 Å². The summed E-state index contributed by atoms with van der Waals surface area (Å²) in [6, 6.07) is 0. The van der Waals surface area contributed by atoms with E-state index in [1.807, 2.05) is 0 Å². The molecule has 1 amide bonds. The molecule has 22 heavy (non-hydrogen) atoms. The number of amides is 1. The first-order valence-electron chi connectivity index (χ1n) is 6.75. The van der Waals surface area contributed by atoms with E-state index < -0.39 is 27.3 Å². The van der Waals surface area contributed by atoms with Gasteiger partial charge in [0.2, 0.25) is 5.91 Å². The van der Waals surface area contributed by atoms with Crippen LogP contribution < -0.4 is 10.6 Å². The number of hydrogen-bond acceptors (Lipinski definition) is 6. The summed E-state index contributed by atoms with van der Waals surface area (Å²) in [5.41, 5.74) is -1.00. The normalized spacial score (nSPS) is 14.3. The lowest BCUT2D eigenvalue weighted by Gasteiger charge is -2.23. The molecule has 2 unspecified atom stereocenters. The Bertz CT molecular complexity index is 424. The maximum absolute atomic E-state index is 10.8. The van der Waals surface area contributed by atoms with Crippen molar-refractivity contribution in [2.75, 3.05) is 18.8 Å². The third-order valence-electron chi connectivity index (χ3n) is 2.07. The summed E-state index contributed by atoms with van der Waals surface area (Å²) in [6.45, 7) is 10.7. The van der Waals surface area contributed by atoms with Gasteiger partial charge in [-0.25, -0.2) is 0 Å². The summed E-state index contributed by atoms with van der Waals surface area (Å²) in [5.74, 6) is -1.01. The van der Waals surface area contributed by atoms with Crippen LogP contribution in [-0.2, 0) is 14.9 Å². The maximum atomic E-state index is 10.8. The van der Waals surface area contributed by atoms with Gasteiger partial charge in [-0.3, -0.25) is 9.35 Å². The van der Waals surface area contributed by atoms with Crippen molar-refractivity contribution in [1.82, 2.24) is 10.6 Å². The molecule has 0 radical (unpaired) electrons. The Labute approximate surface area is 132 Å². The van der Waals surface area contributed by atoms with E-state index in [0.717, 1.165) is 6.08 Å². The molecular formula is C13H28N2O6S. The Kier molecular flexibility index (Phi) is 11.3. The van der Waals surface area contributed by atoms with Crippen LogP contribution in [0.15, 0.2) is 12.7 Å². The van der Waals surface area contributed by atoms with Crippen molar-refractivity contribution in [2.24, 2.45) is 0 Å². The Balaban J connectivity index is 0. The predicted molar refractivity (Wildman–Crippen MR) is 85.1 cm³/mol. The molecule has 0 aromatic heterocycles. The Hall–Kier alpha value is -1.00. The molecule has 0 aromatic carbocycles. The SMILES string of the molecule is C=CC(=O)NC(C)(C)CS(=O)(=O)O.CC(O)CNCC(C)O. The molecule has 0 saturated carbocycles. The molecule has 0 spiro atoms. The lowest BCUT2D eigenvalue weighted by Crippen LogP contribution is -2.47. The van der Waals surface area contributed by atoms with Gasteiger partial charge in [0.1, 0.15) is 0 Å². The fourth-order valence-electron chi connectivity index (χ4n) is 1.38. The van der Waals surface area contributed by atoms with Crippen molar-refractivity contribution in [3.8, 4) is 0 Å². The fourth-order valence-corrected chi connectivity index (χ4v) is 2.36. The molecule has 0 aliphatic heterocycles. The first-order chi connectivity index (χ1) is 9.79. The number of carbonyl (C=O) groups is 1. The van der Waals surface area contributed by atoms with Crippen LogP contribution in [0.4, 0.5) is 0 Å². The fraction of sp³-hybridized carbons (Fsp3) is 0.769. The Morgan fingerprint density at radius 1 is 1.23 bits per heavy atom. The largest absolute Gasteiger partial charge is 0.392 e. The van der Waals surface area contributed by atoms with Crippen LogP contribution in [0.3, 0.4) is 0 Å². The Morgan fingerprint density at radius 2 is 1.64 bits per heavy atom. The predicted octanol–water partition coefficient (Wildman–Crippen LogP) is -0.707. The highest BCUT2D eigenvalue weighted by atomic mass is 32.2. The molecule has 9 heteroatoms. The molecule has 0 aromatic rings. The van der Waals surface area contributed by atoms with Gasteiger partial charge in [0, 0.05) is 13.1 Å². The summed E-state index contributed by atoms with van der Waals surface area (Å²) in [4.78, 5) is 10.8. The second-order valence-corrected chi connectivity index (χ2v) is 7.11. The summed E-state index contributed by atoms with van der Waals surface area (Å²) < 4.78 is 29.5. The van der Waals surface area contributed by atoms with E-state index >= 15 is 0 Å². The monoisotopic (exact) mass is 340 g/mol. The second kappa shape index (κ2) is 10.7. The first-order valence-corrected chi connectivity index (χ1v) is 8.36. The zero-order valence-electron chi connectivity index (χ0n) is 13.5. The molecule has 0 fully saturated rings. The molecular weight excluding hydrogens is 312 g/mol. The van der Waals surface area contributed by atoms with Gasteiger partial charge in [-0.1, -0.05) is 6.58 Å². The van der Waals surface area contributed by atoms with E-state index in [4.69, 9.17) is 14.8 Å². The zero-order valence-corrected chi connectivity index (χ0v) is 14.4. The molecule has 0 aliphatic carbocycles. The standard InChI is InChI=1S/C7H13NO4S.C6H15NO2/c1-4-6(9)8-7(2,3)5-13(10,11)12;1-5(8)3-7-4-6(2)9/h4H,1,5H2,2-3H3,(H,8,9)(H,10,11,12);5-9H,3-4H2,1-2H3. The lowest BCUT2D eigenvalue weighted by molar-refractivity contribution is -0.117. The van der Waals surface area contributed by atoms with Crippen LogP contribution in [0.1, 0.15) is 27.7 Å². The van der Waals surface area contributed by atoms with E-state index in [1.165, 1.54) is 13.8 Å². The molecule has 0 bridgehead atoms. The molecule has 5 N–H and O–H groups in total. The van der Waals surface area contributed by atoms with Gasteiger partial charge in [0.15, 0.2) is 0 Å². The molecule has 0 aliphatic rings. The van der Waals surface area contributed by atoms with Crippen LogP contribution >= 0.6 is 0 Å². The minimum absolute atomic E-state index is 0.330. The lowest BCUT2D eigenvalue weighted by atomic mass is 10.1. The van der Waals surface area contributed by atoms with Gasteiger partial charge in [-0.15, -0.1) is 0 Å². The number of aliphatic hydroxyl groups is 2. The van der Waals surface area contributed by atoms with Crippen molar-refractivity contribution in [3.05, 3.63) is 12.7 Å². The van der Waals surface area contributed by atoms with Crippen molar-refractivity contribution >= 4 is 16.0 Å². The van der Waals surface area contributed by atoms with Crippen LogP contribution in [0.2, 0.25) is 0 Å². The molecule has 132 valence electrons. The second-order valence-electron chi connectivity index (χ2n) is 5.66. The van der Waals surface area contributed by atoms with Gasteiger partial charge < -0.3 is 20.8 Å². The highest BCUT2D eigenvalue weighted by Crippen LogP contribution is 2.05. The van der Waals surface area contributed by atoms with Gasteiger partial charge in [-0.05, 0) is 33.8 Å². The molecule has 0 rings (SSSR count). The number of rotatable bonds is 8. The van der Waals surface area contributed by atoms with Gasteiger partial charge in [0.05, 0.1) is 23.5 Å². The van der Waals surface area contributed by atoms with Crippen LogP contribution in [-0.4, -0.2) is 65.7 Å². The minimum atomic E-state index is -4.08. The van der Waals surface area contributed by atoms with Gasteiger partial charge in [0.25, 0.3) is 10.1 Å². The number of hydrogen-bond donors (Lipinski definition) is 5. The highest BCUT2D eigenvalue weighted by Gasteiger charge is 2.25. The van der Waals surface area contributed by atoms with Crippen LogP contribution in [0, 0.1) is 0 Å². The molecule has 0 heterocycles. The third-order valence-corrected chi connectivity index (χ3v) is 3.16. The summed E-state index contributed by atoms with van der Waals surface area (Å²) in [5, 5.41) is 22.7. The molecule has 0 saturated heterocycles. The summed E-state index contributed by atoms with van der Waals surface area (Å²) in [6.07, 6.45) is 0.374. The number of aliphatic hydroxyl groups excluding tert-OH is 2. The van der Waals surface area contributed by atoms with E-state index in [-0.39, 0.29) is 12.2 Å². The van der Waals surface area contributed by atoms with Gasteiger partial charge >= 0.3 is 0 Å². The number of nitrogens with one attached hydrogen (secondary N) is 2. The smallest absolute Gasteiger partial charge is 0.267 e. The van der Waals surface area contributed by atoms with E-state index in [0.29, 0.717) is 13.1 Å². The van der Waals surface area contributed by atoms with E-state index in [2.05, 4.69) is 17.2 Å². The van der Waals surface area contributed by atoms with E-state index in [1.54, 1.807) is 13.8 Å². The Morgan fingerprint density at radius 3 is 1.91 bits per heavy atom. The zero-order chi connectivity index (χ0) is 18.0. The maximum Gasteiger partial charge on any atom is 0.267 e. The first kappa shape index (κ1) is 23.3. The van der Waals surface area contributed by atoms with Crippen molar-refractivity contribution in [2.45, 2.75) is 45.4 Å². The minimum Gasteiger partial charge on any atom is -0.392 e. The van der Waals surface area contributed by atoms with Crippen LogP contribution in [0.25, 0.3) is 0 Å².